The van der Waals surface area contributed by atoms with Crippen LogP contribution in [-0.2, 0) is 26.1 Å². The second-order valence-electron chi connectivity index (χ2n) is 7.20. The van der Waals surface area contributed by atoms with Crippen LogP contribution in [0.5, 0.6) is 0 Å². The van der Waals surface area contributed by atoms with Crippen molar-refractivity contribution in [2.75, 3.05) is 26.3 Å². The molecule has 0 saturated carbocycles. The molecule has 0 aliphatic carbocycles. The number of sulfonamides is 1. The van der Waals surface area contributed by atoms with Crippen molar-refractivity contribution < 1.29 is 22.7 Å². The van der Waals surface area contributed by atoms with Crippen LogP contribution in [0.15, 0.2) is 53.4 Å². The maximum absolute atomic E-state index is 12.9. The van der Waals surface area contributed by atoms with Gasteiger partial charge in [-0.15, -0.1) is 0 Å². The van der Waals surface area contributed by atoms with E-state index < -0.39 is 16.0 Å². The molecule has 0 bridgehead atoms. The monoisotopic (exact) mass is 460 g/mol. The first-order valence-corrected chi connectivity index (χ1v) is 11.6. The van der Waals surface area contributed by atoms with Gasteiger partial charge in [0.2, 0.25) is 10.0 Å². The van der Waals surface area contributed by atoms with Crippen LogP contribution in [0.25, 0.3) is 10.9 Å². The zero-order valence-corrected chi connectivity index (χ0v) is 18.4. The SMILES string of the molecule is Cc1ccc(S(=O)(=O)N2CCOCC2)cc1C(=O)OCc1cc2ccccc2nc1Cl. The number of ether oxygens (including phenoxy) is 2. The molecule has 0 radical (unpaired) electrons. The maximum atomic E-state index is 12.9. The Kier molecular flexibility index (Phi) is 6.24. The van der Waals surface area contributed by atoms with Crippen LogP contribution >= 0.6 is 11.6 Å². The van der Waals surface area contributed by atoms with Gasteiger partial charge >= 0.3 is 5.97 Å². The van der Waals surface area contributed by atoms with Crippen LogP contribution in [0, 0.1) is 6.92 Å². The smallest absolute Gasteiger partial charge is 0.338 e. The average Bonchev–Trinajstić information content (AvgIpc) is 2.78. The minimum Gasteiger partial charge on any atom is -0.457 e. The Bertz CT molecular complexity index is 1240. The van der Waals surface area contributed by atoms with Crippen molar-refractivity contribution >= 4 is 38.5 Å². The van der Waals surface area contributed by atoms with Gasteiger partial charge in [-0.1, -0.05) is 35.9 Å². The topological polar surface area (TPSA) is 85.8 Å². The third-order valence-corrected chi connectivity index (χ3v) is 7.37. The molecule has 0 atom stereocenters. The fourth-order valence-corrected chi connectivity index (χ4v) is 5.01. The van der Waals surface area contributed by atoms with Crippen LogP contribution in [0.2, 0.25) is 5.15 Å². The van der Waals surface area contributed by atoms with E-state index in [-0.39, 0.29) is 35.3 Å². The minimum atomic E-state index is -3.72. The lowest BCUT2D eigenvalue weighted by atomic mass is 10.1. The summed E-state index contributed by atoms with van der Waals surface area (Å²) in [5.41, 5.74) is 2.13. The third-order valence-electron chi connectivity index (χ3n) is 5.15. The third kappa shape index (κ3) is 4.57. The van der Waals surface area contributed by atoms with Crippen molar-refractivity contribution in [3.8, 4) is 0 Å². The highest BCUT2D eigenvalue weighted by molar-refractivity contribution is 7.89. The summed E-state index contributed by atoms with van der Waals surface area (Å²) in [6.45, 7) is 2.91. The molecule has 0 amide bonds. The molecule has 9 heteroatoms. The fourth-order valence-electron chi connectivity index (χ4n) is 3.38. The Hall–Kier alpha value is -2.52. The molecule has 1 aromatic heterocycles. The molecule has 4 rings (SSSR count). The van der Waals surface area contributed by atoms with E-state index in [9.17, 15) is 13.2 Å². The lowest BCUT2D eigenvalue weighted by Gasteiger charge is -2.26. The van der Waals surface area contributed by atoms with Crippen molar-refractivity contribution in [2.45, 2.75) is 18.4 Å². The van der Waals surface area contributed by atoms with Crippen molar-refractivity contribution in [1.82, 2.24) is 9.29 Å². The summed E-state index contributed by atoms with van der Waals surface area (Å²) in [4.78, 5) is 17.1. The summed E-state index contributed by atoms with van der Waals surface area (Å²) in [7, 11) is -3.72. The Balaban J connectivity index is 1.55. The van der Waals surface area contributed by atoms with E-state index in [1.807, 2.05) is 30.3 Å². The second-order valence-corrected chi connectivity index (χ2v) is 9.50. The Morgan fingerprint density at radius 3 is 2.68 bits per heavy atom. The Morgan fingerprint density at radius 2 is 1.90 bits per heavy atom. The lowest BCUT2D eigenvalue weighted by Crippen LogP contribution is -2.40. The second kappa shape index (κ2) is 8.92. The van der Waals surface area contributed by atoms with Gasteiger partial charge in [-0.25, -0.2) is 18.2 Å². The molecule has 7 nitrogen and oxygen atoms in total. The summed E-state index contributed by atoms with van der Waals surface area (Å²) in [5, 5.41) is 1.14. The van der Waals surface area contributed by atoms with Gasteiger partial charge in [0, 0.05) is 24.0 Å². The first-order chi connectivity index (χ1) is 14.9. The normalized spacial score (nSPS) is 15.2. The van der Waals surface area contributed by atoms with Gasteiger partial charge in [0.05, 0.1) is 29.2 Å². The number of para-hydroxylation sites is 1. The average molecular weight is 461 g/mol. The number of morpholine rings is 1. The predicted octanol–water partition coefficient (Wildman–Crippen LogP) is 3.57. The van der Waals surface area contributed by atoms with Gasteiger partial charge in [0.15, 0.2) is 0 Å². The Morgan fingerprint density at radius 1 is 1.16 bits per heavy atom. The summed E-state index contributed by atoms with van der Waals surface area (Å²) >= 11 is 6.24. The largest absolute Gasteiger partial charge is 0.457 e. The quantitative estimate of drug-likeness (QED) is 0.427. The molecule has 2 heterocycles. The highest BCUT2D eigenvalue weighted by atomic mass is 35.5. The number of benzene rings is 2. The molecule has 1 aliphatic rings. The standard InChI is InChI=1S/C22H21ClN2O5S/c1-15-6-7-18(31(27,28)25-8-10-29-11-9-25)13-19(15)22(26)30-14-17-12-16-4-2-3-5-20(16)24-21(17)23/h2-7,12-13H,8-11,14H2,1H3. The molecule has 2 aromatic carbocycles. The number of fused-ring (bicyclic) bond motifs is 1. The maximum Gasteiger partial charge on any atom is 0.338 e. The van der Waals surface area contributed by atoms with E-state index in [1.54, 1.807) is 13.0 Å². The van der Waals surface area contributed by atoms with Gasteiger partial charge in [-0.3, -0.25) is 0 Å². The number of esters is 1. The van der Waals surface area contributed by atoms with Crippen molar-refractivity contribution in [3.05, 3.63) is 70.4 Å². The molecule has 162 valence electrons. The van der Waals surface area contributed by atoms with Crippen molar-refractivity contribution in [3.63, 3.8) is 0 Å². The van der Waals surface area contributed by atoms with Crippen LogP contribution < -0.4 is 0 Å². The summed E-state index contributed by atoms with van der Waals surface area (Å²) < 4.78 is 37.9. The van der Waals surface area contributed by atoms with E-state index in [0.29, 0.717) is 24.3 Å². The number of aryl methyl sites for hydroxylation is 1. The molecular formula is C22H21ClN2O5S. The Labute approximate surface area is 185 Å². The van der Waals surface area contributed by atoms with Crippen LogP contribution in [0.1, 0.15) is 21.5 Å². The molecular weight excluding hydrogens is 440 g/mol. The fraction of sp³-hybridized carbons (Fsp3) is 0.273. The number of carbonyl (C=O) groups excluding carboxylic acids is 1. The molecule has 0 N–H and O–H groups in total. The van der Waals surface area contributed by atoms with E-state index in [0.717, 1.165) is 10.9 Å². The molecule has 1 aliphatic heterocycles. The molecule has 1 fully saturated rings. The zero-order chi connectivity index (χ0) is 22.0. The molecule has 3 aromatic rings. The predicted molar refractivity (Wildman–Crippen MR) is 117 cm³/mol. The number of hydrogen-bond donors (Lipinski definition) is 0. The van der Waals surface area contributed by atoms with Crippen molar-refractivity contribution in [2.24, 2.45) is 0 Å². The number of pyridine rings is 1. The van der Waals surface area contributed by atoms with E-state index in [4.69, 9.17) is 21.1 Å². The number of carbonyl (C=O) groups is 1. The van der Waals surface area contributed by atoms with Crippen molar-refractivity contribution in [1.29, 1.82) is 0 Å². The van der Waals surface area contributed by atoms with Gasteiger partial charge in [0.25, 0.3) is 0 Å². The number of aromatic nitrogens is 1. The summed E-state index contributed by atoms with van der Waals surface area (Å²) in [5.74, 6) is -0.624. The first kappa shape index (κ1) is 21.7. The number of nitrogens with zero attached hydrogens (tertiary/aromatic N) is 2. The van der Waals surface area contributed by atoms with E-state index in [2.05, 4.69) is 4.98 Å². The van der Waals surface area contributed by atoms with E-state index >= 15 is 0 Å². The van der Waals surface area contributed by atoms with Gasteiger partial charge < -0.3 is 9.47 Å². The summed E-state index contributed by atoms with van der Waals surface area (Å²) in [6, 6.07) is 13.8. The number of hydrogen-bond acceptors (Lipinski definition) is 6. The lowest BCUT2D eigenvalue weighted by molar-refractivity contribution is 0.0471. The molecule has 0 unspecified atom stereocenters. The first-order valence-electron chi connectivity index (χ1n) is 9.76. The highest BCUT2D eigenvalue weighted by Crippen LogP contribution is 2.24. The van der Waals surface area contributed by atoms with Gasteiger partial charge in [-0.2, -0.15) is 4.31 Å². The summed E-state index contributed by atoms with van der Waals surface area (Å²) in [6.07, 6.45) is 0. The van der Waals surface area contributed by atoms with Gasteiger partial charge in [0.1, 0.15) is 11.8 Å². The molecule has 0 spiro atoms. The zero-order valence-electron chi connectivity index (χ0n) is 16.9. The van der Waals surface area contributed by atoms with Gasteiger partial charge in [-0.05, 0) is 36.8 Å². The number of rotatable bonds is 5. The minimum absolute atomic E-state index is 0.0531. The van der Waals surface area contributed by atoms with Crippen LogP contribution in [0.4, 0.5) is 0 Å². The molecule has 31 heavy (non-hydrogen) atoms. The van der Waals surface area contributed by atoms with Crippen LogP contribution in [-0.4, -0.2) is 50.0 Å². The van der Waals surface area contributed by atoms with Crippen LogP contribution in [0.3, 0.4) is 0 Å². The van der Waals surface area contributed by atoms with E-state index in [1.165, 1.54) is 16.4 Å². The number of halogens is 1. The molecule has 1 saturated heterocycles. The highest BCUT2D eigenvalue weighted by Gasteiger charge is 2.27.